The summed E-state index contributed by atoms with van der Waals surface area (Å²) in [6.45, 7) is 5.31. The fourth-order valence-corrected chi connectivity index (χ4v) is 2.04. The fourth-order valence-electron chi connectivity index (χ4n) is 2.04. The van der Waals surface area contributed by atoms with Crippen molar-refractivity contribution in [2.75, 3.05) is 18.5 Å². The topological polar surface area (TPSA) is 63.2 Å². The summed E-state index contributed by atoms with van der Waals surface area (Å²) in [5.41, 5.74) is 0.233. The Bertz CT molecular complexity index is 411. The highest BCUT2D eigenvalue weighted by Gasteiger charge is 2.35. The second-order valence-corrected chi connectivity index (χ2v) is 4.63. The number of aromatic nitrogens is 1. The molecule has 1 saturated heterocycles. The van der Waals surface area contributed by atoms with Gasteiger partial charge in [-0.3, -0.25) is 4.79 Å². The van der Waals surface area contributed by atoms with Crippen LogP contribution < -0.4 is 15.4 Å². The van der Waals surface area contributed by atoms with E-state index < -0.39 is 5.54 Å². The maximum atomic E-state index is 12.1. The number of pyridine rings is 1. The molecule has 1 aliphatic rings. The molecule has 5 nitrogen and oxygen atoms in total. The predicted molar refractivity (Wildman–Crippen MR) is 69.7 cm³/mol. The molecular weight excluding hydrogens is 230 g/mol. The van der Waals surface area contributed by atoms with E-state index in [-0.39, 0.29) is 5.91 Å². The number of ether oxygens (including phenoxy) is 1. The molecule has 1 aromatic rings. The van der Waals surface area contributed by atoms with Crippen LogP contribution in [-0.2, 0) is 4.79 Å². The Labute approximate surface area is 107 Å². The molecule has 1 fully saturated rings. The summed E-state index contributed by atoms with van der Waals surface area (Å²) < 4.78 is 5.25. The first-order valence-electron chi connectivity index (χ1n) is 6.29. The minimum absolute atomic E-state index is 0.00837. The molecule has 98 valence electrons. The van der Waals surface area contributed by atoms with Crippen molar-refractivity contribution in [3.8, 4) is 5.88 Å². The largest absolute Gasteiger partial charge is 0.478 e. The summed E-state index contributed by atoms with van der Waals surface area (Å²) in [5, 5.41) is 6.10. The van der Waals surface area contributed by atoms with Crippen molar-refractivity contribution < 1.29 is 9.53 Å². The number of carbonyl (C=O) groups excluding carboxylic acids is 1. The van der Waals surface area contributed by atoms with E-state index in [9.17, 15) is 4.79 Å². The fraction of sp³-hybridized carbons (Fsp3) is 0.538. The number of nitrogens with zero attached hydrogens (tertiary/aromatic N) is 1. The smallest absolute Gasteiger partial charge is 0.244 e. The van der Waals surface area contributed by atoms with Gasteiger partial charge in [0.25, 0.3) is 0 Å². The first-order valence-corrected chi connectivity index (χ1v) is 6.29. The van der Waals surface area contributed by atoms with Gasteiger partial charge in [0, 0.05) is 6.07 Å². The summed E-state index contributed by atoms with van der Waals surface area (Å²) in [4.78, 5) is 16.2. The molecule has 5 heteroatoms. The Morgan fingerprint density at radius 1 is 1.61 bits per heavy atom. The van der Waals surface area contributed by atoms with E-state index >= 15 is 0 Å². The summed E-state index contributed by atoms with van der Waals surface area (Å²) in [5.74, 6) is 0.562. The molecule has 2 heterocycles. The monoisotopic (exact) mass is 249 g/mol. The molecule has 0 aliphatic carbocycles. The van der Waals surface area contributed by atoms with E-state index in [0.717, 1.165) is 19.4 Å². The Morgan fingerprint density at radius 3 is 3.00 bits per heavy atom. The van der Waals surface area contributed by atoms with Crippen LogP contribution in [0.15, 0.2) is 18.3 Å². The number of nitrogens with one attached hydrogen (secondary N) is 2. The second-order valence-electron chi connectivity index (χ2n) is 4.63. The van der Waals surface area contributed by atoms with Gasteiger partial charge in [0.15, 0.2) is 0 Å². The van der Waals surface area contributed by atoms with E-state index in [2.05, 4.69) is 15.6 Å². The van der Waals surface area contributed by atoms with Crippen molar-refractivity contribution in [2.24, 2.45) is 0 Å². The lowest BCUT2D eigenvalue weighted by Crippen LogP contribution is -2.47. The SMILES string of the molecule is CCOc1ccc(NC(=O)C2(C)CCCN2)cn1. The number of anilines is 1. The van der Waals surface area contributed by atoms with Crippen LogP contribution in [0.2, 0.25) is 0 Å². The molecule has 1 amide bonds. The molecule has 1 atom stereocenters. The maximum absolute atomic E-state index is 12.1. The Kier molecular flexibility index (Phi) is 3.81. The van der Waals surface area contributed by atoms with Gasteiger partial charge >= 0.3 is 0 Å². The molecular formula is C13H19N3O2. The molecule has 2 rings (SSSR count). The number of hydrogen-bond donors (Lipinski definition) is 2. The molecule has 0 saturated carbocycles. The van der Waals surface area contributed by atoms with Crippen LogP contribution in [0, 0.1) is 0 Å². The third-order valence-electron chi connectivity index (χ3n) is 3.16. The van der Waals surface area contributed by atoms with E-state index in [0.29, 0.717) is 18.2 Å². The Hall–Kier alpha value is -1.62. The minimum Gasteiger partial charge on any atom is -0.478 e. The van der Waals surface area contributed by atoms with Gasteiger partial charge in [-0.05, 0) is 39.3 Å². The average molecular weight is 249 g/mol. The Balaban J connectivity index is 1.98. The van der Waals surface area contributed by atoms with Crippen LogP contribution in [0.3, 0.4) is 0 Å². The summed E-state index contributed by atoms with van der Waals surface area (Å²) in [7, 11) is 0. The first kappa shape index (κ1) is 12.8. The van der Waals surface area contributed by atoms with Gasteiger partial charge in [0.05, 0.1) is 24.0 Å². The van der Waals surface area contributed by atoms with Crippen LogP contribution in [0.5, 0.6) is 5.88 Å². The van der Waals surface area contributed by atoms with Gasteiger partial charge in [0.1, 0.15) is 0 Å². The summed E-state index contributed by atoms with van der Waals surface area (Å²) >= 11 is 0. The van der Waals surface area contributed by atoms with Crippen molar-refractivity contribution in [1.82, 2.24) is 10.3 Å². The van der Waals surface area contributed by atoms with Crippen LogP contribution in [0.4, 0.5) is 5.69 Å². The van der Waals surface area contributed by atoms with E-state index in [1.165, 1.54) is 0 Å². The molecule has 18 heavy (non-hydrogen) atoms. The van der Waals surface area contributed by atoms with E-state index in [1.54, 1.807) is 18.3 Å². The number of rotatable bonds is 4. The van der Waals surface area contributed by atoms with Crippen molar-refractivity contribution in [1.29, 1.82) is 0 Å². The molecule has 0 radical (unpaired) electrons. The van der Waals surface area contributed by atoms with Crippen molar-refractivity contribution in [2.45, 2.75) is 32.2 Å². The van der Waals surface area contributed by atoms with Crippen LogP contribution in [0.1, 0.15) is 26.7 Å². The van der Waals surface area contributed by atoms with Crippen molar-refractivity contribution in [3.63, 3.8) is 0 Å². The third-order valence-corrected chi connectivity index (χ3v) is 3.16. The van der Waals surface area contributed by atoms with Gasteiger partial charge < -0.3 is 15.4 Å². The summed E-state index contributed by atoms with van der Waals surface area (Å²) in [6, 6.07) is 3.55. The average Bonchev–Trinajstić information content (AvgIpc) is 2.80. The number of amides is 1. The molecule has 0 aromatic carbocycles. The van der Waals surface area contributed by atoms with Crippen LogP contribution >= 0.6 is 0 Å². The highest BCUT2D eigenvalue weighted by atomic mass is 16.5. The zero-order chi connectivity index (χ0) is 13.0. The van der Waals surface area contributed by atoms with Crippen molar-refractivity contribution >= 4 is 11.6 Å². The zero-order valence-corrected chi connectivity index (χ0v) is 10.8. The molecule has 0 bridgehead atoms. The van der Waals surface area contributed by atoms with Gasteiger partial charge in [-0.25, -0.2) is 4.98 Å². The van der Waals surface area contributed by atoms with E-state index in [4.69, 9.17) is 4.74 Å². The maximum Gasteiger partial charge on any atom is 0.244 e. The normalized spacial score (nSPS) is 22.8. The van der Waals surface area contributed by atoms with Gasteiger partial charge in [-0.2, -0.15) is 0 Å². The molecule has 0 spiro atoms. The highest BCUT2D eigenvalue weighted by molar-refractivity contribution is 5.97. The predicted octanol–water partition coefficient (Wildman–Crippen LogP) is 1.56. The van der Waals surface area contributed by atoms with Gasteiger partial charge in [-0.15, -0.1) is 0 Å². The van der Waals surface area contributed by atoms with E-state index in [1.807, 2.05) is 13.8 Å². The molecule has 1 aromatic heterocycles. The van der Waals surface area contributed by atoms with Crippen molar-refractivity contribution in [3.05, 3.63) is 18.3 Å². The third kappa shape index (κ3) is 2.79. The summed E-state index contributed by atoms with van der Waals surface area (Å²) in [6.07, 6.45) is 3.51. The van der Waals surface area contributed by atoms with Gasteiger partial charge in [-0.1, -0.05) is 0 Å². The Morgan fingerprint density at radius 2 is 2.44 bits per heavy atom. The standard InChI is InChI=1S/C13H19N3O2/c1-3-18-11-6-5-10(9-14-11)16-12(17)13(2)7-4-8-15-13/h5-6,9,15H,3-4,7-8H2,1-2H3,(H,16,17). The highest BCUT2D eigenvalue weighted by Crippen LogP contribution is 2.21. The zero-order valence-electron chi connectivity index (χ0n) is 10.8. The van der Waals surface area contributed by atoms with Crippen LogP contribution in [-0.4, -0.2) is 29.6 Å². The molecule has 1 unspecified atom stereocenters. The first-order chi connectivity index (χ1) is 8.64. The lowest BCUT2D eigenvalue weighted by molar-refractivity contribution is -0.121. The number of hydrogen-bond acceptors (Lipinski definition) is 4. The lowest BCUT2D eigenvalue weighted by atomic mass is 9.99. The molecule has 2 N–H and O–H groups in total. The quantitative estimate of drug-likeness (QED) is 0.850. The second kappa shape index (κ2) is 5.35. The van der Waals surface area contributed by atoms with Crippen LogP contribution in [0.25, 0.3) is 0 Å². The minimum atomic E-state index is -0.460. The molecule has 1 aliphatic heterocycles. The lowest BCUT2D eigenvalue weighted by Gasteiger charge is -2.22. The number of carbonyl (C=O) groups is 1. The van der Waals surface area contributed by atoms with Gasteiger partial charge in [0.2, 0.25) is 11.8 Å².